The van der Waals surface area contributed by atoms with Crippen molar-refractivity contribution < 1.29 is 0 Å². The summed E-state index contributed by atoms with van der Waals surface area (Å²) in [5, 5.41) is 0. The van der Waals surface area contributed by atoms with E-state index >= 15 is 0 Å². The van der Waals surface area contributed by atoms with E-state index in [9.17, 15) is 0 Å². The Kier molecular flexibility index (Phi) is 11.0. The van der Waals surface area contributed by atoms with Crippen LogP contribution in [0.5, 0.6) is 0 Å². The van der Waals surface area contributed by atoms with Gasteiger partial charge in [0, 0.05) is 16.7 Å². The second kappa shape index (κ2) is 18.1. The molecule has 310 valence electrons. The molecule has 0 aliphatic rings. The Bertz CT molecular complexity index is 3410. The smallest absolute Gasteiger partial charge is 0.164 e. The van der Waals surface area contributed by atoms with Gasteiger partial charge in [0.05, 0.1) is 0 Å². The molecule has 0 N–H and O–H groups in total. The molecule has 11 rings (SSSR count). The van der Waals surface area contributed by atoms with Crippen LogP contribution in [0.25, 0.3) is 112 Å². The highest BCUT2D eigenvalue weighted by Crippen LogP contribution is 2.51. The average molecular weight is 842 g/mol. The lowest BCUT2D eigenvalue weighted by atomic mass is 9.78. The van der Waals surface area contributed by atoms with Crippen molar-refractivity contribution >= 4 is 0 Å². The van der Waals surface area contributed by atoms with Gasteiger partial charge in [-0.1, -0.05) is 231 Å². The number of aromatic nitrogens is 3. The standard InChI is InChI=1S/C63H43N3/c1-8-23-44(24-9-1)51-37-22-38-52(39-51)62-64-61(50-35-20-7-21-36-50)65-63(66-62)55-41-53(45-25-10-2-11-26-45)40-54(42-55)57-43-56(46-27-12-3-13-28-46)58(47-29-14-4-15-30-47)60(49-33-18-6-19-34-49)59(57)48-31-16-5-17-32-48/h1-43H. The monoisotopic (exact) mass is 841 g/mol. The minimum absolute atomic E-state index is 0.594. The van der Waals surface area contributed by atoms with E-state index in [2.05, 4.69) is 237 Å². The lowest BCUT2D eigenvalue weighted by Crippen LogP contribution is -2.01. The maximum Gasteiger partial charge on any atom is 0.164 e. The summed E-state index contributed by atoms with van der Waals surface area (Å²) in [7, 11) is 0. The van der Waals surface area contributed by atoms with E-state index in [0.29, 0.717) is 17.5 Å². The average Bonchev–Trinajstić information content (AvgIpc) is 3.41. The third-order valence-electron chi connectivity index (χ3n) is 12.1. The van der Waals surface area contributed by atoms with Crippen molar-refractivity contribution in [1.29, 1.82) is 0 Å². The van der Waals surface area contributed by atoms with E-state index in [1.807, 2.05) is 24.3 Å². The summed E-state index contributed by atoms with van der Waals surface area (Å²) in [6.07, 6.45) is 0. The Morgan fingerprint density at radius 3 is 0.970 bits per heavy atom. The van der Waals surface area contributed by atoms with Crippen LogP contribution in [0.4, 0.5) is 0 Å². The first kappa shape index (κ1) is 40.0. The summed E-state index contributed by atoms with van der Waals surface area (Å²) in [5.74, 6) is 1.82. The first-order valence-corrected chi connectivity index (χ1v) is 22.3. The highest BCUT2D eigenvalue weighted by atomic mass is 15.0. The molecule has 0 radical (unpaired) electrons. The molecule has 0 aliphatic heterocycles. The third-order valence-corrected chi connectivity index (χ3v) is 12.1. The van der Waals surface area contributed by atoms with E-state index in [1.165, 1.54) is 11.1 Å². The number of benzene rings is 10. The summed E-state index contributed by atoms with van der Waals surface area (Å²) >= 11 is 0. The minimum atomic E-state index is 0.594. The van der Waals surface area contributed by atoms with Gasteiger partial charge in [0.1, 0.15) is 0 Å². The topological polar surface area (TPSA) is 38.7 Å². The first-order valence-electron chi connectivity index (χ1n) is 22.3. The lowest BCUT2D eigenvalue weighted by Gasteiger charge is -2.25. The molecule has 66 heavy (non-hydrogen) atoms. The van der Waals surface area contributed by atoms with Crippen LogP contribution in [0, 0.1) is 0 Å². The van der Waals surface area contributed by atoms with Gasteiger partial charge in [-0.25, -0.2) is 15.0 Å². The Morgan fingerprint density at radius 1 is 0.167 bits per heavy atom. The van der Waals surface area contributed by atoms with Gasteiger partial charge in [-0.3, -0.25) is 0 Å². The molecule has 3 nitrogen and oxygen atoms in total. The molecule has 1 heterocycles. The fourth-order valence-corrected chi connectivity index (χ4v) is 8.99. The van der Waals surface area contributed by atoms with Gasteiger partial charge in [-0.15, -0.1) is 0 Å². The van der Waals surface area contributed by atoms with Crippen LogP contribution in [0.15, 0.2) is 261 Å². The molecule has 0 fully saturated rings. The van der Waals surface area contributed by atoms with E-state index in [0.717, 1.165) is 83.5 Å². The molecule has 0 unspecified atom stereocenters. The van der Waals surface area contributed by atoms with E-state index in [4.69, 9.17) is 15.0 Å². The molecule has 3 heteroatoms. The second-order valence-corrected chi connectivity index (χ2v) is 16.3. The summed E-state index contributed by atoms with van der Waals surface area (Å²) in [6, 6.07) is 92.2. The summed E-state index contributed by atoms with van der Waals surface area (Å²) < 4.78 is 0. The molecule has 0 aliphatic carbocycles. The molecule has 0 saturated heterocycles. The zero-order valence-corrected chi connectivity index (χ0v) is 36.2. The van der Waals surface area contributed by atoms with E-state index in [-0.39, 0.29) is 0 Å². The highest BCUT2D eigenvalue weighted by Gasteiger charge is 2.25. The molecule has 0 atom stereocenters. The van der Waals surface area contributed by atoms with Crippen molar-refractivity contribution in [3.63, 3.8) is 0 Å². The summed E-state index contributed by atoms with van der Waals surface area (Å²) in [5.41, 5.74) is 18.5. The number of nitrogens with zero attached hydrogens (tertiary/aromatic N) is 3. The van der Waals surface area contributed by atoms with Crippen LogP contribution in [-0.4, -0.2) is 15.0 Å². The molecule has 0 amide bonds. The maximum atomic E-state index is 5.35. The molecule has 10 aromatic carbocycles. The van der Waals surface area contributed by atoms with Crippen molar-refractivity contribution in [2.24, 2.45) is 0 Å². The van der Waals surface area contributed by atoms with Gasteiger partial charge in [-0.05, 0) is 108 Å². The van der Waals surface area contributed by atoms with Gasteiger partial charge >= 0.3 is 0 Å². The first-order chi connectivity index (χ1) is 32.7. The predicted octanol–water partition coefficient (Wildman–Crippen LogP) is 16.5. The Morgan fingerprint density at radius 2 is 0.470 bits per heavy atom. The van der Waals surface area contributed by atoms with Crippen molar-refractivity contribution in [3.05, 3.63) is 261 Å². The predicted molar refractivity (Wildman–Crippen MR) is 274 cm³/mol. The van der Waals surface area contributed by atoms with Crippen LogP contribution < -0.4 is 0 Å². The number of hydrogen-bond acceptors (Lipinski definition) is 3. The quantitative estimate of drug-likeness (QED) is 0.138. The van der Waals surface area contributed by atoms with Gasteiger partial charge in [0.15, 0.2) is 17.5 Å². The molecule has 0 spiro atoms. The fourth-order valence-electron chi connectivity index (χ4n) is 8.99. The molecular weight excluding hydrogens is 799 g/mol. The Hall–Kier alpha value is -8.79. The van der Waals surface area contributed by atoms with Gasteiger partial charge in [0.2, 0.25) is 0 Å². The van der Waals surface area contributed by atoms with Crippen molar-refractivity contribution in [3.8, 4) is 112 Å². The lowest BCUT2D eigenvalue weighted by molar-refractivity contribution is 1.07. The molecule has 1 aromatic heterocycles. The Balaban J connectivity index is 1.23. The normalized spacial score (nSPS) is 11.0. The van der Waals surface area contributed by atoms with Crippen LogP contribution in [-0.2, 0) is 0 Å². The molecule has 0 saturated carbocycles. The number of rotatable bonds is 10. The van der Waals surface area contributed by atoms with E-state index in [1.54, 1.807) is 0 Å². The third kappa shape index (κ3) is 8.14. The van der Waals surface area contributed by atoms with Gasteiger partial charge in [0.25, 0.3) is 0 Å². The Labute approximate surface area is 386 Å². The SMILES string of the molecule is c1ccc(-c2cccc(-c3nc(-c4ccccc4)nc(-c4cc(-c5ccccc5)cc(-c5cc(-c6ccccc6)c(-c6ccccc6)c(-c6ccccc6)c5-c5ccccc5)c4)n3)c2)cc1. The maximum absolute atomic E-state index is 5.35. The number of hydrogen-bond donors (Lipinski definition) is 0. The van der Waals surface area contributed by atoms with Crippen LogP contribution in [0.3, 0.4) is 0 Å². The summed E-state index contributed by atoms with van der Waals surface area (Å²) in [4.78, 5) is 15.8. The summed E-state index contributed by atoms with van der Waals surface area (Å²) in [6.45, 7) is 0. The second-order valence-electron chi connectivity index (χ2n) is 16.3. The highest BCUT2D eigenvalue weighted by molar-refractivity contribution is 6.08. The molecule has 11 aromatic rings. The largest absolute Gasteiger partial charge is 0.208 e. The van der Waals surface area contributed by atoms with Crippen LogP contribution in [0.2, 0.25) is 0 Å². The van der Waals surface area contributed by atoms with Crippen LogP contribution in [0.1, 0.15) is 0 Å². The zero-order chi connectivity index (χ0) is 44.1. The zero-order valence-electron chi connectivity index (χ0n) is 36.2. The van der Waals surface area contributed by atoms with Gasteiger partial charge in [-0.2, -0.15) is 0 Å². The van der Waals surface area contributed by atoms with Crippen molar-refractivity contribution in [1.82, 2.24) is 15.0 Å². The van der Waals surface area contributed by atoms with Crippen molar-refractivity contribution in [2.75, 3.05) is 0 Å². The van der Waals surface area contributed by atoms with E-state index < -0.39 is 0 Å². The van der Waals surface area contributed by atoms with Crippen LogP contribution >= 0.6 is 0 Å². The van der Waals surface area contributed by atoms with Crippen molar-refractivity contribution in [2.45, 2.75) is 0 Å². The fraction of sp³-hybridized carbons (Fsp3) is 0. The molecule has 0 bridgehead atoms. The molecular formula is C63H43N3. The minimum Gasteiger partial charge on any atom is -0.208 e. The van der Waals surface area contributed by atoms with Gasteiger partial charge < -0.3 is 0 Å².